The van der Waals surface area contributed by atoms with Gasteiger partial charge in [-0.1, -0.05) is 12.1 Å². The summed E-state index contributed by atoms with van der Waals surface area (Å²) in [6, 6.07) is 6.33. The Kier molecular flexibility index (Phi) is 7.09. The van der Waals surface area contributed by atoms with Crippen molar-refractivity contribution in [2.75, 3.05) is 20.6 Å². The second-order valence-electron chi connectivity index (χ2n) is 9.61. The number of hydrogen-bond acceptors (Lipinski definition) is 5. The Morgan fingerprint density at radius 2 is 2.00 bits per heavy atom. The zero-order valence-electron chi connectivity index (χ0n) is 20.1. The van der Waals surface area contributed by atoms with Gasteiger partial charge in [-0.3, -0.25) is 9.48 Å². The molecule has 0 aliphatic rings. The minimum absolute atomic E-state index is 0. The molecule has 0 spiro atoms. The van der Waals surface area contributed by atoms with Gasteiger partial charge in [0.05, 0.1) is 17.3 Å². The van der Waals surface area contributed by atoms with Crippen molar-refractivity contribution in [3.05, 3.63) is 41.7 Å². The van der Waals surface area contributed by atoms with E-state index in [2.05, 4.69) is 64.1 Å². The number of carbonyl (C=O) groups is 1. The van der Waals surface area contributed by atoms with E-state index in [1.54, 1.807) is 12.4 Å². The van der Waals surface area contributed by atoms with Crippen molar-refractivity contribution in [1.82, 2.24) is 34.9 Å². The number of halogens is 1. The monoisotopic (exact) mass is 469 g/mol. The molecule has 1 amide bonds. The first-order valence-electron chi connectivity index (χ1n) is 10.9. The Morgan fingerprint density at radius 1 is 1.24 bits per heavy atom. The minimum atomic E-state index is -0.342. The SMILES string of the molecule is Cc1ccc2c(-c3cnc4[nH]cc(C(=O)NC(C)(C)C)c4n3)nn(CCCN(C)C)c2c1.Cl. The summed E-state index contributed by atoms with van der Waals surface area (Å²) in [6.45, 7) is 9.75. The number of H-pyrrole nitrogens is 1. The fourth-order valence-electron chi connectivity index (χ4n) is 3.77. The van der Waals surface area contributed by atoms with Gasteiger partial charge in [-0.25, -0.2) is 9.97 Å². The van der Waals surface area contributed by atoms with Crippen LogP contribution < -0.4 is 5.32 Å². The van der Waals surface area contributed by atoms with Crippen LogP contribution in [0, 0.1) is 6.92 Å². The quantitative estimate of drug-likeness (QED) is 0.442. The molecule has 8 nitrogen and oxygen atoms in total. The van der Waals surface area contributed by atoms with Gasteiger partial charge < -0.3 is 15.2 Å². The highest BCUT2D eigenvalue weighted by molar-refractivity contribution is 6.05. The lowest BCUT2D eigenvalue weighted by Gasteiger charge is -2.19. The zero-order chi connectivity index (χ0) is 23.0. The Balaban J connectivity index is 0.00000306. The maximum atomic E-state index is 12.8. The van der Waals surface area contributed by atoms with Gasteiger partial charge in [-0.2, -0.15) is 5.10 Å². The smallest absolute Gasteiger partial charge is 0.255 e. The second kappa shape index (κ2) is 9.49. The van der Waals surface area contributed by atoms with E-state index >= 15 is 0 Å². The van der Waals surface area contributed by atoms with Gasteiger partial charge in [0.1, 0.15) is 16.9 Å². The van der Waals surface area contributed by atoms with Gasteiger partial charge >= 0.3 is 0 Å². The van der Waals surface area contributed by atoms with E-state index in [9.17, 15) is 4.79 Å². The maximum Gasteiger partial charge on any atom is 0.255 e. The van der Waals surface area contributed by atoms with E-state index in [1.807, 2.05) is 20.8 Å². The standard InChI is InChI=1S/C24H31N7O.ClH/c1-15-8-9-16-19(12-15)31(11-7-10-30(5)6)29-20(16)18-14-26-22-21(27-18)17(13-25-22)23(32)28-24(2,3)4;/h8-9,12-14H,7,10-11H2,1-6H3,(H,25,26)(H,28,32);1H. The molecule has 0 fully saturated rings. The summed E-state index contributed by atoms with van der Waals surface area (Å²) < 4.78 is 2.05. The summed E-state index contributed by atoms with van der Waals surface area (Å²) in [5.74, 6) is -0.176. The van der Waals surface area contributed by atoms with Crippen LogP contribution in [0.3, 0.4) is 0 Å². The van der Waals surface area contributed by atoms with E-state index < -0.39 is 0 Å². The van der Waals surface area contributed by atoms with Crippen molar-refractivity contribution in [3.63, 3.8) is 0 Å². The first-order valence-corrected chi connectivity index (χ1v) is 10.9. The van der Waals surface area contributed by atoms with Crippen LogP contribution in [0.15, 0.2) is 30.6 Å². The molecule has 4 aromatic rings. The van der Waals surface area contributed by atoms with Crippen LogP contribution >= 0.6 is 12.4 Å². The lowest BCUT2D eigenvalue weighted by atomic mass is 10.1. The summed E-state index contributed by atoms with van der Waals surface area (Å²) >= 11 is 0. The van der Waals surface area contributed by atoms with Crippen LogP contribution in [0.25, 0.3) is 33.5 Å². The number of carbonyl (C=O) groups excluding carboxylic acids is 1. The van der Waals surface area contributed by atoms with Gasteiger partial charge in [0.15, 0.2) is 5.65 Å². The van der Waals surface area contributed by atoms with Crippen molar-refractivity contribution in [3.8, 4) is 11.4 Å². The zero-order valence-corrected chi connectivity index (χ0v) is 20.9. The number of rotatable bonds is 6. The lowest BCUT2D eigenvalue weighted by Crippen LogP contribution is -2.40. The Morgan fingerprint density at radius 3 is 2.70 bits per heavy atom. The summed E-state index contributed by atoms with van der Waals surface area (Å²) in [5.41, 5.74) is 4.97. The average molecular weight is 470 g/mol. The highest BCUT2D eigenvalue weighted by Gasteiger charge is 2.21. The normalized spacial score (nSPS) is 11.8. The first-order chi connectivity index (χ1) is 15.1. The maximum absolute atomic E-state index is 12.8. The van der Waals surface area contributed by atoms with Gasteiger partial charge in [0, 0.05) is 23.7 Å². The molecule has 0 saturated carbocycles. The fourth-order valence-corrected chi connectivity index (χ4v) is 3.77. The van der Waals surface area contributed by atoms with Gasteiger partial charge in [0.25, 0.3) is 5.91 Å². The van der Waals surface area contributed by atoms with Crippen LogP contribution in [0.5, 0.6) is 0 Å². The number of aromatic nitrogens is 5. The molecule has 3 heterocycles. The van der Waals surface area contributed by atoms with E-state index in [4.69, 9.17) is 10.1 Å². The molecule has 1 aromatic carbocycles. The molecule has 0 aliphatic carbocycles. The number of fused-ring (bicyclic) bond motifs is 2. The third kappa shape index (κ3) is 5.34. The van der Waals surface area contributed by atoms with Crippen molar-refractivity contribution >= 4 is 40.4 Å². The molecule has 0 aliphatic heterocycles. The third-order valence-corrected chi connectivity index (χ3v) is 5.24. The third-order valence-electron chi connectivity index (χ3n) is 5.24. The van der Waals surface area contributed by atoms with E-state index in [1.165, 1.54) is 5.56 Å². The van der Waals surface area contributed by atoms with Gasteiger partial charge in [0.2, 0.25) is 0 Å². The fraction of sp³-hybridized carbons (Fsp3) is 0.417. The molecule has 176 valence electrons. The average Bonchev–Trinajstić information content (AvgIpc) is 3.27. The molecule has 9 heteroatoms. The highest BCUT2D eigenvalue weighted by Crippen LogP contribution is 2.29. The van der Waals surface area contributed by atoms with Crippen molar-refractivity contribution in [2.24, 2.45) is 0 Å². The minimum Gasteiger partial charge on any atom is -0.347 e. The van der Waals surface area contributed by atoms with E-state index in [0.29, 0.717) is 22.4 Å². The molecule has 0 saturated heterocycles. The predicted octanol–water partition coefficient (Wildman–Crippen LogP) is 4.18. The molecule has 0 unspecified atom stereocenters. The molecule has 0 bridgehead atoms. The van der Waals surface area contributed by atoms with Crippen LogP contribution in [-0.2, 0) is 6.54 Å². The summed E-state index contributed by atoms with van der Waals surface area (Å²) in [4.78, 5) is 27.4. The largest absolute Gasteiger partial charge is 0.347 e. The number of nitrogens with one attached hydrogen (secondary N) is 2. The number of aromatic amines is 1. The van der Waals surface area contributed by atoms with Gasteiger partial charge in [-0.15, -0.1) is 12.4 Å². The number of aryl methyl sites for hydroxylation is 2. The Labute approximate surface area is 200 Å². The molecule has 0 atom stereocenters. The number of hydrogen-bond donors (Lipinski definition) is 2. The van der Waals surface area contributed by atoms with Crippen molar-refractivity contribution in [1.29, 1.82) is 0 Å². The van der Waals surface area contributed by atoms with Crippen LogP contribution in [-0.4, -0.2) is 61.7 Å². The topological polar surface area (TPSA) is 91.7 Å². The van der Waals surface area contributed by atoms with Crippen molar-refractivity contribution in [2.45, 2.75) is 46.2 Å². The van der Waals surface area contributed by atoms with E-state index in [0.717, 1.165) is 36.1 Å². The molecule has 0 radical (unpaired) electrons. The molecular formula is C24H32ClN7O. The summed E-state index contributed by atoms with van der Waals surface area (Å²) in [5, 5.41) is 8.93. The molecular weight excluding hydrogens is 438 g/mol. The summed E-state index contributed by atoms with van der Waals surface area (Å²) in [7, 11) is 4.15. The molecule has 33 heavy (non-hydrogen) atoms. The Bertz CT molecular complexity index is 1280. The number of benzene rings is 1. The van der Waals surface area contributed by atoms with Crippen LogP contribution in [0.1, 0.15) is 43.1 Å². The number of nitrogens with zero attached hydrogens (tertiary/aromatic N) is 5. The summed E-state index contributed by atoms with van der Waals surface area (Å²) in [6.07, 6.45) is 4.38. The van der Waals surface area contributed by atoms with Crippen LogP contribution in [0.4, 0.5) is 0 Å². The number of amides is 1. The van der Waals surface area contributed by atoms with E-state index in [-0.39, 0.29) is 23.9 Å². The van der Waals surface area contributed by atoms with Gasteiger partial charge in [-0.05, 0) is 66.4 Å². The highest BCUT2D eigenvalue weighted by atomic mass is 35.5. The lowest BCUT2D eigenvalue weighted by molar-refractivity contribution is 0.0921. The van der Waals surface area contributed by atoms with Crippen LogP contribution in [0.2, 0.25) is 0 Å². The molecule has 2 N–H and O–H groups in total. The molecule has 3 aromatic heterocycles. The second-order valence-corrected chi connectivity index (χ2v) is 9.61. The predicted molar refractivity (Wildman–Crippen MR) is 135 cm³/mol. The van der Waals surface area contributed by atoms with Crippen molar-refractivity contribution < 1.29 is 4.79 Å². The molecule has 4 rings (SSSR count). The first kappa shape index (κ1) is 24.7. The Hall–Kier alpha value is -2.97.